The molecule has 0 saturated heterocycles. The minimum atomic E-state index is -0.818. The van der Waals surface area contributed by atoms with Crippen LogP contribution in [0.15, 0.2) is 54.6 Å². The maximum Gasteiger partial charge on any atom is 0.118 e. The number of aliphatic hydroxyl groups excluding tert-OH is 2. The zero-order valence-corrected chi connectivity index (χ0v) is 10.7. The van der Waals surface area contributed by atoms with Crippen molar-refractivity contribution in [1.82, 2.24) is 0 Å². The molecule has 0 spiro atoms. The molecule has 2 aromatic rings. The fourth-order valence-corrected chi connectivity index (χ4v) is 1.85. The van der Waals surface area contributed by atoms with Crippen molar-refractivity contribution < 1.29 is 14.9 Å². The van der Waals surface area contributed by atoms with Gasteiger partial charge in [-0.05, 0) is 23.3 Å². The van der Waals surface area contributed by atoms with Gasteiger partial charge in [-0.1, -0.05) is 42.5 Å². The molecule has 0 aliphatic heterocycles. The first-order valence-corrected chi connectivity index (χ1v) is 6.10. The maximum absolute atomic E-state index is 10.1. The Bertz CT molecular complexity index is 493. The second-order valence-corrected chi connectivity index (χ2v) is 4.27. The van der Waals surface area contributed by atoms with Gasteiger partial charge in [-0.15, -0.1) is 0 Å². The third-order valence-electron chi connectivity index (χ3n) is 2.96. The Balaban J connectivity index is 2.02. The van der Waals surface area contributed by atoms with Crippen LogP contribution in [0.3, 0.4) is 0 Å². The normalized spacial score (nSPS) is 13.8. The number of hydrogen-bond donors (Lipinski definition) is 2. The molecule has 19 heavy (non-hydrogen) atoms. The Morgan fingerprint density at radius 1 is 0.842 bits per heavy atom. The Labute approximate surface area is 113 Å². The van der Waals surface area contributed by atoms with E-state index < -0.39 is 12.2 Å². The molecule has 99 valence electrons. The largest absolute Gasteiger partial charge is 0.497 e. The molecule has 0 aliphatic carbocycles. The van der Waals surface area contributed by atoms with E-state index in [9.17, 15) is 10.2 Å². The van der Waals surface area contributed by atoms with Gasteiger partial charge in [0.1, 0.15) is 5.75 Å². The van der Waals surface area contributed by atoms with E-state index in [0.717, 1.165) is 16.9 Å². The van der Waals surface area contributed by atoms with Crippen molar-refractivity contribution in [2.75, 3.05) is 7.11 Å². The fraction of sp³-hybridized carbons (Fsp3) is 0.188. The summed E-state index contributed by atoms with van der Waals surface area (Å²) in [4.78, 5) is 0. The summed E-state index contributed by atoms with van der Waals surface area (Å²) in [6, 6.07) is 16.3. The van der Waals surface area contributed by atoms with Gasteiger partial charge in [-0.25, -0.2) is 0 Å². The van der Waals surface area contributed by atoms with Gasteiger partial charge < -0.3 is 14.9 Å². The average Bonchev–Trinajstić information content (AvgIpc) is 2.48. The highest BCUT2D eigenvalue weighted by molar-refractivity contribution is 5.30. The van der Waals surface area contributed by atoms with Crippen LogP contribution in [0.5, 0.6) is 5.75 Å². The van der Waals surface area contributed by atoms with Crippen molar-refractivity contribution in [3.05, 3.63) is 72.1 Å². The summed E-state index contributed by atoms with van der Waals surface area (Å²) in [7, 11) is 1.59. The lowest BCUT2D eigenvalue weighted by atomic mass is 9.99. The first-order chi connectivity index (χ1) is 9.20. The zero-order chi connectivity index (χ0) is 13.7. The predicted molar refractivity (Wildman–Crippen MR) is 73.7 cm³/mol. The quantitative estimate of drug-likeness (QED) is 0.865. The number of aliphatic hydroxyl groups is 2. The highest BCUT2D eigenvalue weighted by atomic mass is 16.5. The Morgan fingerprint density at radius 2 is 1.37 bits per heavy atom. The van der Waals surface area contributed by atoms with Crippen LogP contribution in [-0.2, 0) is 0 Å². The van der Waals surface area contributed by atoms with Crippen LogP contribution in [-0.4, -0.2) is 17.3 Å². The Kier molecular flexibility index (Phi) is 4.55. The third-order valence-corrected chi connectivity index (χ3v) is 2.96. The molecule has 0 saturated carbocycles. The van der Waals surface area contributed by atoms with Crippen LogP contribution in [0.2, 0.25) is 0 Å². The van der Waals surface area contributed by atoms with Crippen molar-refractivity contribution in [3.63, 3.8) is 0 Å². The van der Waals surface area contributed by atoms with Crippen molar-refractivity contribution >= 4 is 0 Å². The van der Waals surface area contributed by atoms with Crippen LogP contribution >= 0.6 is 0 Å². The zero-order valence-electron chi connectivity index (χ0n) is 10.7. The molecule has 0 aromatic heterocycles. The van der Waals surface area contributed by atoms with Crippen molar-refractivity contribution in [3.8, 4) is 5.75 Å². The van der Waals surface area contributed by atoms with Crippen LogP contribution in [0, 0.1) is 6.42 Å². The molecule has 2 unspecified atom stereocenters. The van der Waals surface area contributed by atoms with Gasteiger partial charge in [0.25, 0.3) is 0 Å². The van der Waals surface area contributed by atoms with E-state index in [-0.39, 0.29) is 0 Å². The summed E-state index contributed by atoms with van der Waals surface area (Å²) in [5.41, 5.74) is 1.48. The van der Waals surface area contributed by atoms with Gasteiger partial charge in [0, 0.05) is 6.42 Å². The summed E-state index contributed by atoms with van der Waals surface area (Å²) in [6.45, 7) is 0. The SMILES string of the molecule is COc1ccc(C(O)[CH]C(O)c2ccccc2)cc1. The minimum Gasteiger partial charge on any atom is -0.497 e. The number of hydrogen-bond acceptors (Lipinski definition) is 3. The predicted octanol–water partition coefficient (Wildman–Crippen LogP) is 2.67. The lowest BCUT2D eigenvalue weighted by Crippen LogP contribution is -2.06. The molecule has 2 atom stereocenters. The van der Waals surface area contributed by atoms with Gasteiger partial charge in [0.15, 0.2) is 0 Å². The number of ether oxygens (including phenoxy) is 1. The molecule has 0 bridgehead atoms. The number of methoxy groups -OCH3 is 1. The van der Waals surface area contributed by atoms with E-state index in [1.54, 1.807) is 31.4 Å². The first kappa shape index (κ1) is 13.6. The molecule has 3 nitrogen and oxygen atoms in total. The van der Waals surface area contributed by atoms with Gasteiger partial charge in [0.2, 0.25) is 0 Å². The second kappa shape index (κ2) is 6.36. The molecule has 0 heterocycles. The van der Waals surface area contributed by atoms with Crippen LogP contribution < -0.4 is 4.74 Å². The van der Waals surface area contributed by atoms with Crippen LogP contribution in [0.4, 0.5) is 0 Å². The molecule has 2 aromatic carbocycles. The summed E-state index contributed by atoms with van der Waals surface area (Å²) in [6.07, 6.45) is -0.114. The van der Waals surface area contributed by atoms with E-state index in [2.05, 4.69) is 0 Å². The lowest BCUT2D eigenvalue weighted by Gasteiger charge is -2.16. The third kappa shape index (κ3) is 3.56. The van der Waals surface area contributed by atoms with Crippen molar-refractivity contribution in [2.45, 2.75) is 12.2 Å². The summed E-state index contributed by atoms with van der Waals surface area (Å²) < 4.78 is 5.06. The molecule has 1 radical (unpaired) electrons. The monoisotopic (exact) mass is 257 g/mol. The summed E-state index contributed by atoms with van der Waals surface area (Å²) in [5.74, 6) is 0.736. The van der Waals surface area contributed by atoms with E-state index in [1.807, 2.05) is 30.3 Å². The molecule has 0 amide bonds. The number of benzene rings is 2. The molecule has 3 heteroatoms. The molecule has 2 N–H and O–H groups in total. The molecule has 0 fully saturated rings. The van der Waals surface area contributed by atoms with Crippen molar-refractivity contribution in [2.24, 2.45) is 0 Å². The standard InChI is InChI=1S/C16H17O3/c1-19-14-9-7-13(8-10-14)16(18)11-15(17)12-5-3-2-4-6-12/h2-11,15-18H,1H3. The van der Waals surface area contributed by atoms with E-state index >= 15 is 0 Å². The molecule has 2 rings (SSSR count). The number of rotatable bonds is 5. The highest BCUT2D eigenvalue weighted by Gasteiger charge is 2.15. The van der Waals surface area contributed by atoms with Gasteiger partial charge in [0.05, 0.1) is 19.3 Å². The summed E-state index contributed by atoms with van der Waals surface area (Å²) in [5, 5.41) is 20.1. The smallest absolute Gasteiger partial charge is 0.118 e. The van der Waals surface area contributed by atoms with Crippen molar-refractivity contribution in [1.29, 1.82) is 0 Å². The van der Waals surface area contributed by atoms with Crippen LogP contribution in [0.25, 0.3) is 0 Å². The van der Waals surface area contributed by atoms with E-state index in [0.29, 0.717) is 0 Å². The first-order valence-electron chi connectivity index (χ1n) is 6.10. The topological polar surface area (TPSA) is 49.7 Å². The van der Waals surface area contributed by atoms with Gasteiger partial charge in [-0.2, -0.15) is 0 Å². The molecule has 0 aliphatic rings. The molecular formula is C16H17O3. The van der Waals surface area contributed by atoms with Gasteiger partial charge >= 0.3 is 0 Å². The maximum atomic E-state index is 10.1. The lowest BCUT2D eigenvalue weighted by molar-refractivity contribution is 0.139. The minimum absolute atomic E-state index is 0.718. The van der Waals surface area contributed by atoms with Crippen LogP contribution in [0.1, 0.15) is 23.3 Å². The average molecular weight is 257 g/mol. The second-order valence-electron chi connectivity index (χ2n) is 4.27. The molecular weight excluding hydrogens is 240 g/mol. The Morgan fingerprint density at radius 3 is 1.89 bits per heavy atom. The van der Waals surface area contributed by atoms with Gasteiger partial charge in [-0.3, -0.25) is 0 Å². The van der Waals surface area contributed by atoms with E-state index in [4.69, 9.17) is 4.74 Å². The fourth-order valence-electron chi connectivity index (χ4n) is 1.85. The highest BCUT2D eigenvalue weighted by Crippen LogP contribution is 2.26. The summed E-state index contributed by atoms with van der Waals surface area (Å²) >= 11 is 0. The Hall–Kier alpha value is -1.84. The van der Waals surface area contributed by atoms with E-state index in [1.165, 1.54) is 6.42 Å².